The van der Waals surface area contributed by atoms with Crippen LogP contribution in [0.2, 0.25) is 0 Å². The number of amides is 2. The van der Waals surface area contributed by atoms with E-state index >= 15 is 0 Å². The minimum atomic E-state index is -1.00. The van der Waals surface area contributed by atoms with Crippen LogP contribution in [0.4, 0.5) is 5.69 Å². The fraction of sp³-hybridized carbons (Fsp3) is 0.167. The largest absolute Gasteiger partial charge is 0.497 e. The summed E-state index contributed by atoms with van der Waals surface area (Å²) in [4.78, 5) is 33.8. The van der Waals surface area contributed by atoms with E-state index in [1.165, 1.54) is 9.58 Å². The number of para-hydroxylation sites is 1. The van der Waals surface area contributed by atoms with Crippen LogP contribution in [0.15, 0.2) is 97.3 Å². The van der Waals surface area contributed by atoms with Crippen molar-refractivity contribution >= 4 is 28.5 Å². The molecule has 0 aliphatic rings. The summed E-state index contributed by atoms with van der Waals surface area (Å²) in [5.74, 6) is 0.517. The maximum Gasteiger partial charge on any atom is 0.251 e. The molecule has 0 saturated carbocycles. The lowest BCUT2D eigenvalue weighted by Crippen LogP contribution is -2.42. The number of carbonyl (C=O) groups excluding carboxylic acids is 2. The average Bonchev–Trinajstić information content (AvgIpc) is 3.40. The summed E-state index contributed by atoms with van der Waals surface area (Å²) in [6.07, 6.45) is 3.34. The molecule has 2 aromatic heterocycles. The minimum absolute atomic E-state index is 0.114. The number of hydrogen-bond donors (Lipinski definition) is 1. The monoisotopic (exact) mass is 536 g/mol. The van der Waals surface area contributed by atoms with Gasteiger partial charge < -0.3 is 19.7 Å². The highest BCUT2D eigenvalue weighted by Crippen LogP contribution is 2.29. The Hall–Kier alpha value is -5.25. The van der Waals surface area contributed by atoms with Crippen molar-refractivity contribution < 1.29 is 19.1 Å². The lowest BCUT2D eigenvalue weighted by molar-refractivity contribution is -0.140. The number of fused-ring (bicyclic) bond motifs is 1. The molecule has 5 aromatic rings. The van der Waals surface area contributed by atoms with Gasteiger partial charge in [0.2, 0.25) is 5.91 Å². The molecule has 1 unspecified atom stereocenters. The first-order chi connectivity index (χ1) is 19.6. The maximum atomic E-state index is 14.1. The van der Waals surface area contributed by atoms with E-state index < -0.39 is 6.04 Å². The topological polar surface area (TPSA) is 111 Å². The van der Waals surface area contributed by atoms with Crippen LogP contribution in [0.1, 0.15) is 17.2 Å². The summed E-state index contributed by atoms with van der Waals surface area (Å²) < 4.78 is 12.2. The van der Waals surface area contributed by atoms with Crippen molar-refractivity contribution in [1.82, 2.24) is 24.9 Å². The molecule has 2 amide bonds. The molecule has 0 aliphatic carbocycles. The Morgan fingerprint density at radius 1 is 0.925 bits per heavy atom. The van der Waals surface area contributed by atoms with Gasteiger partial charge in [-0.3, -0.25) is 14.6 Å². The molecule has 0 spiro atoms. The molecule has 5 rings (SSSR count). The van der Waals surface area contributed by atoms with Gasteiger partial charge in [0, 0.05) is 24.6 Å². The molecule has 0 aliphatic heterocycles. The molecular formula is C30H28N6O4. The Morgan fingerprint density at radius 2 is 1.73 bits per heavy atom. The Morgan fingerprint density at radius 3 is 2.48 bits per heavy atom. The zero-order valence-corrected chi connectivity index (χ0v) is 22.1. The molecule has 1 atom stereocenters. The molecule has 0 saturated heterocycles. The third-order valence-electron chi connectivity index (χ3n) is 6.43. The van der Waals surface area contributed by atoms with Crippen LogP contribution in [-0.2, 0) is 22.7 Å². The number of anilines is 1. The molecule has 40 heavy (non-hydrogen) atoms. The molecule has 0 fully saturated rings. The number of methoxy groups -OCH3 is 2. The number of rotatable bonds is 10. The molecule has 10 nitrogen and oxygen atoms in total. The number of aromatic nitrogens is 4. The zero-order valence-electron chi connectivity index (χ0n) is 22.1. The fourth-order valence-corrected chi connectivity index (χ4v) is 4.43. The van der Waals surface area contributed by atoms with Gasteiger partial charge >= 0.3 is 0 Å². The third-order valence-corrected chi connectivity index (χ3v) is 6.43. The Balaban J connectivity index is 1.55. The normalized spacial score (nSPS) is 11.6. The van der Waals surface area contributed by atoms with Crippen molar-refractivity contribution in [3.8, 4) is 11.5 Å². The van der Waals surface area contributed by atoms with Gasteiger partial charge in [-0.25, -0.2) is 4.68 Å². The summed E-state index contributed by atoms with van der Waals surface area (Å²) in [7, 11) is 3.13. The summed E-state index contributed by atoms with van der Waals surface area (Å²) in [6.45, 7) is 0.0221. The highest BCUT2D eigenvalue weighted by molar-refractivity contribution is 5.98. The Labute approximate surface area is 231 Å². The number of ether oxygens (including phenoxy) is 2. The lowest BCUT2D eigenvalue weighted by atomic mass is 10.0. The molecule has 0 radical (unpaired) electrons. The van der Waals surface area contributed by atoms with Gasteiger partial charge in [-0.2, -0.15) is 0 Å². The van der Waals surface area contributed by atoms with Crippen LogP contribution in [0, 0.1) is 0 Å². The molecule has 3 aromatic carbocycles. The molecule has 202 valence electrons. The van der Waals surface area contributed by atoms with Crippen LogP contribution in [0.3, 0.4) is 0 Å². The van der Waals surface area contributed by atoms with Crippen LogP contribution < -0.4 is 14.8 Å². The van der Waals surface area contributed by atoms with Crippen molar-refractivity contribution in [3.05, 3.63) is 108 Å². The number of benzene rings is 3. The molecule has 2 heterocycles. The third kappa shape index (κ3) is 5.91. The van der Waals surface area contributed by atoms with E-state index in [0.717, 1.165) is 11.1 Å². The van der Waals surface area contributed by atoms with E-state index in [0.29, 0.717) is 28.3 Å². The second-order valence-corrected chi connectivity index (χ2v) is 9.02. The van der Waals surface area contributed by atoms with Gasteiger partial charge in [-0.1, -0.05) is 35.5 Å². The van der Waals surface area contributed by atoms with Gasteiger partial charge in [0.15, 0.2) is 0 Å². The van der Waals surface area contributed by atoms with Gasteiger partial charge in [0.1, 0.15) is 29.6 Å². The summed E-state index contributed by atoms with van der Waals surface area (Å²) in [5.41, 5.74) is 3.32. The number of nitrogens with zero attached hydrogens (tertiary/aromatic N) is 5. The predicted molar refractivity (Wildman–Crippen MR) is 150 cm³/mol. The van der Waals surface area contributed by atoms with Crippen LogP contribution >= 0.6 is 0 Å². The van der Waals surface area contributed by atoms with E-state index in [9.17, 15) is 9.59 Å². The smallest absolute Gasteiger partial charge is 0.251 e. The number of carbonyl (C=O) groups is 2. The molecular weight excluding hydrogens is 508 g/mol. The summed E-state index contributed by atoms with van der Waals surface area (Å²) in [6, 6.07) is 24.2. The average molecular weight is 537 g/mol. The first-order valence-electron chi connectivity index (χ1n) is 12.6. The molecule has 1 N–H and O–H groups in total. The van der Waals surface area contributed by atoms with Gasteiger partial charge in [-0.05, 0) is 65.7 Å². The zero-order chi connectivity index (χ0) is 27.9. The summed E-state index contributed by atoms with van der Waals surface area (Å²) >= 11 is 0. The van der Waals surface area contributed by atoms with Crippen LogP contribution in [0.25, 0.3) is 11.0 Å². The van der Waals surface area contributed by atoms with Crippen LogP contribution in [0.5, 0.6) is 11.5 Å². The highest BCUT2D eigenvalue weighted by atomic mass is 16.5. The van der Waals surface area contributed by atoms with E-state index in [1.54, 1.807) is 81.2 Å². The number of pyridine rings is 1. The predicted octanol–water partition coefficient (Wildman–Crippen LogP) is 4.25. The van der Waals surface area contributed by atoms with Crippen molar-refractivity contribution in [2.45, 2.75) is 19.1 Å². The second kappa shape index (κ2) is 12.1. The number of nitrogens with one attached hydrogen (secondary N) is 1. The number of hydrogen-bond acceptors (Lipinski definition) is 7. The lowest BCUT2D eigenvalue weighted by Gasteiger charge is -2.31. The van der Waals surface area contributed by atoms with E-state index in [4.69, 9.17) is 9.47 Å². The Kier molecular flexibility index (Phi) is 7.96. The van der Waals surface area contributed by atoms with Crippen molar-refractivity contribution in [2.75, 3.05) is 19.5 Å². The SMILES string of the molecule is COc1ccc(NC(=O)C(c2cccc(OC)c2)N(Cc2cccnc2)C(=O)Cn2nnc3ccccc32)cc1. The van der Waals surface area contributed by atoms with Crippen molar-refractivity contribution in [1.29, 1.82) is 0 Å². The Bertz CT molecular complexity index is 1600. The standard InChI is InChI=1S/C30H28N6O4/c1-39-24-14-12-23(13-15-24)32-30(38)29(22-8-5-9-25(17-22)40-2)35(19-21-7-6-16-31-18-21)28(37)20-36-27-11-4-3-10-26(27)33-34-36/h3-18,29H,19-20H2,1-2H3,(H,32,38). The van der Waals surface area contributed by atoms with Gasteiger partial charge in [-0.15, -0.1) is 5.10 Å². The van der Waals surface area contributed by atoms with Crippen LogP contribution in [-0.4, -0.2) is 50.9 Å². The first-order valence-corrected chi connectivity index (χ1v) is 12.6. The van der Waals surface area contributed by atoms with E-state index in [1.807, 2.05) is 30.3 Å². The van der Waals surface area contributed by atoms with Crippen molar-refractivity contribution in [2.24, 2.45) is 0 Å². The van der Waals surface area contributed by atoms with Gasteiger partial charge in [0.25, 0.3) is 5.91 Å². The first kappa shape index (κ1) is 26.4. The fourth-order valence-electron chi connectivity index (χ4n) is 4.43. The van der Waals surface area contributed by atoms with E-state index in [-0.39, 0.29) is 24.9 Å². The highest BCUT2D eigenvalue weighted by Gasteiger charge is 2.32. The minimum Gasteiger partial charge on any atom is -0.497 e. The summed E-state index contributed by atoms with van der Waals surface area (Å²) in [5, 5.41) is 11.3. The van der Waals surface area contributed by atoms with Gasteiger partial charge in [0.05, 0.1) is 19.7 Å². The van der Waals surface area contributed by atoms with Crippen molar-refractivity contribution in [3.63, 3.8) is 0 Å². The second-order valence-electron chi connectivity index (χ2n) is 9.02. The molecule has 0 bridgehead atoms. The molecule has 10 heteroatoms. The maximum absolute atomic E-state index is 14.1. The quantitative estimate of drug-likeness (QED) is 0.284. The van der Waals surface area contributed by atoms with E-state index in [2.05, 4.69) is 20.6 Å².